The molecule has 1 saturated carbocycles. The van der Waals surface area contributed by atoms with Crippen LogP contribution in [0.2, 0.25) is 5.02 Å². The molecule has 0 saturated heterocycles. The van der Waals surface area contributed by atoms with E-state index in [-0.39, 0.29) is 17.8 Å². The Labute approximate surface area is 103 Å². The van der Waals surface area contributed by atoms with E-state index in [9.17, 15) is 9.59 Å². The number of hydrogen-bond acceptors (Lipinski definition) is 3. The molecule has 17 heavy (non-hydrogen) atoms. The topological polar surface area (TPSA) is 55.4 Å². The Hall–Kier alpha value is -1.55. The molecule has 1 aromatic rings. The summed E-state index contributed by atoms with van der Waals surface area (Å²) in [4.78, 5) is 23.5. The van der Waals surface area contributed by atoms with E-state index >= 15 is 0 Å². The fourth-order valence-corrected chi connectivity index (χ4v) is 2.76. The highest BCUT2D eigenvalue weighted by molar-refractivity contribution is 6.31. The minimum Gasteiger partial charge on any atom is -0.469 e. The molecule has 1 spiro atoms. The first-order chi connectivity index (χ1) is 8.09. The average Bonchev–Trinajstić information content (AvgIpc) is 3.00. The van der Waals surface area contributed by atoms with Gasteiger partial charge in [-0.25, -0.2) is 0 Å². The van der Waals surface area contributed by atoms with Crippen molar-refractivity contribution in [2.75, 3.05) is 12.4 Å². The van der Waals surface area contributed by atoms with Crippen molar-refractivity contribution in [2.24, 2.45) is 5.92 Å². The lowest BCUT2D eigenvalue weighted by Gasteiger charge is -2.07. The van der Waals surface area contributed by atoms with E-state index in [4.69, 9.17) is 16.3 Å². The molecule has 4 nitrogen and oxygen atoms in total. The van der Waals surface area contributed by atoms with Gasteiger partial charge in [0.1, 0.15) is 0 Å². The Morgan fingerprint density at radius 2 is 2.35 bits per heavy atom. The van der Waals surface area contributed by atoms with Gasteiger partial charge in [-0.3, -0.25) is 9.59 Å². The summed E-state index contributed by atoms with van der Waals surface area (Å²) in [5, 5.41) is 3.35. The minimum atomic E-state index is -0.743. The molecule has 88 valence electrons. The van der Waals surface area contributed by atoms with Crippen LogP contribution in [-0.4, -0.2) is 19.0 Å². The van der Waals surface area contributed by atoms with Gasteiger partial charge >= 0.3 is 5.97 Å². The predicted octanol–water partition coefficient (Wildman–Crippen LogP) is 1.72. The van der Waals surface area contributed by atoms with Crippen LogP contribution in [0.4, 0.5) is 5.69 Å². The first-order valence-corrected chi connectivity index (χ1v) is 5.66. The molecular weight excluding hydrogens is 242 g/mol. The van der Waals surface area contributed by atoms with Crippen molar-refractivity contribution in [1.29, 1.82) is 0 Å². The maximum absolute atomic E-state index is 12.0. The summed E-state index contributed by atoms with van der Waals surface area (Å²) in [5.74, 6) is -0.856. The molecule has 1 heterocycles. The second-order valence-electron chi connectivity index (χ2n) is 4.40. The Kier molecular flexibility index (Phi) is 2.01. The number of carbonyl (C=O) groups is 2. The van der Waals surface area contributed by atoms with Gasteiger partial charge < -0.3 is 10.1 Å². The molecule has 1 amide bonds. The SMILES string of the molecule is COC(=O)C1C[C@@]12C(=O)Nc1ccc(Cl)cc12. The fourth-order valence-electron chi connectivity index (χ4n) is 2.59. The molecule has 0 bridgehead atoms. The van der Waals surface area contributed by atoms with Crippen molar-refractivity contribution in [3.63, 3.8) is 0 Å². The summed E-state index contributed by atoms with van der Waals surface area (Å²) >= 11 is 5.93. The maximum Gasteiger partial charge on any atom is 0.310 e. The van der Waals surface area contributed by atoms with Crippen molar-refractivity contribution < 1.29 is 14.3 Å². The van der Waals surface area contributed by atoms with Gasteiger partial charge in [-0.15, -0.1) is 0 Å². The molecular formula is C12H10ClNO3. The molecule has 1 aliphatic carbocycles. The monoisotopic (exact) mass is 251 g/mol. The quantitative estimate of drug-likeness (QED) is 0.774. The molecule has 5 heteroatoms. The molecule has 1 N–H and O–H groups in total. The van der Waals surface area contributed by atoms with E-state index in [2.05, 4.69) is 5.32 Å². The highest BCUT2D eigenvalue weighted by atomic mass is 35.5. The maximum atomic E-state index is 12.0. The van der Waals surface area contributed by atoms with Crippen LogP contribution in [0.5, 0.6) is 0 Å². The van der Waals surface area contributed by atoms with Crippen molar-refractivity contribution in [3.8, 4) is 0 Å². The highest BCUT2D eigenvalue weighted by Gasteiger charge is 2.68. The van der Waals surface area contributed by atoms with Crippen LogP contribution in [0.1, 0.15) is 12.0 Å². The normalized spacial score (nSPS) is 28.8. The number of amides is 1. The van der Waals surface area contributed by atoms with Crippen LogP contribution in [-0.2, 0) is 19.7 Å². The smallest absolute Gasteiger partial charge is 0.310 e. The van der Waals surface area contributed by atoms with Gasteiger partial charge in [0, 0.05) is 10.7 Å². The third-order valence-corrected chi connectivity index (χ3v) is 3.80. The van der Waals surface area contributed by atoms with Gasteiger partial charge in [-0.05, 0) is 30.2 Å². The van der Waals surface area contributed by atoms with Crippen molar-refractivity contribution >= 4 is 29.2 Å². The third kappa shape index (κ3) is 1.24. The Balaban J connectivity index is 2.07. The van der Waals surface area contributed by atoms with E-state index in [1.54, 1.807) is 18.2 Å². The number of ether oxygens (including phenoxy) is 1. The summed E-state index contributed by atoms with van der Waals surface area (Å²) < 4.78 is 4.70. The number of anilines is 1. The average molecular weight is 252 g/mol. The zero-order valence-electron chi connectivity index (χ0n) is 9.12. The Morgan fingerprint density at radius 1 is 1.59 bits per heavy atom. The van der Waals surface area contributed by atoms with E-state index in [1.165, 1.54) is 7.11 Å². The molecule has 0 aromatic heterocycles. The second-order valence-corrected chi connectivity index (χ2v) is 4.83. The fraction of sp³-hybridized carbons (Fsp3) is 0.333. The zero-order valence-corrected chi connectivity index (χ0v) is 9.88. The number of esters is 1. The van der Waals surface area contributed by atoms with Crippen LogP contribution >= 0.6 is 11.6 Å². The van der Waals surface area contributed by atoms with Crippen molar-refractivity contribution in [3.05, 3.63) is 28.8 Å². The first-order valence-electron chi connectivity index (χ1n) is 5.29. The van der Waals surface area contributed by atoms with Gasteiger partial charge in [-0.1, -0.05) is 11.6 Å². The van der Waals surface area contributed by atoms with Crippen LogP contribution in [0.15, 0.2) is 18.2 Å². The summed E-state index contributed by atoms with van der Waals surface area (Å²) in [6.45, 7) is 0. The summed E-state index contributed by atoms with van der Waals surface area (Å²) in [7, 11) is 1.33. The number of halogens is 1. The van der Waals surface area contributed by atoms with Gasteiger partial charge in [0.25, 0.3) is 0 Å². The molecule has 1 aromatic carbocycles. The molecule has 2 atom stereocenters. The number of carbonyl (C=O) groups excluding carboxylic acids is 2. The lowest BCUT2D eigenvalue weighted by molar-refractivity contribution is -0.143. The summed E-state index contributed by atoms with van der Waals surface area (Å²) in [6.07, 6.45) is 0.499. The number of hydrogen-bond donors (Lipinski definition) is 1. The van der Waals surface area contributed by atoms with Crippen LogP contribution in [0.25, 0.3) is 0 Å². The first kappa shape index (κ1) is 10.6. The van der Waals surface area contributed by atoms with Gasteiger partial charge in [-0.2, -0.15) is 0 Å². The number of methoxy groups -OCH3 is 1. The second kappa shape index (κ2) is 3.23. The zero-order chi connectivity index (χ0) is 12.2. The van der Waals surface area contributed by atoms with Crippen molar-refractivity contribution in [1.82, 2.24) is 0 Å². The molecule has 1 fully saturated rings. The predicted molar refractivity (Wildman–Crippen MR) is 61.9 cm³/mol. The molecule has 1 aliphatic heterocycles. The van der Waals surface area contributed by atoms with Gasteiger partial charge in [0.2, 0.25) is 5.91 Å². The number of nitrogens with one attached hydrogen (secondary N) is 1. The number of benzene rings is 1. The van der Waals surface area contributed by atoms with Gasteiger partial charge in [0.15, 0.2) is 0 Å². The van der Waals surface area contributed by atoms with E-state index in [0.29, 0.717) is 11.4 Å². The van der Waals surface area contributed by atoms with E-state index < -0.39 is 5.41 Å². The molecule has 1 unspecified atom stereocenters. The van der Waals surface area contributed by atoms with Crippen LogP contribution in [0, 0.1) is 5.92 Å². The third-order valence-electron chi connectivity index (χ3n) is 3.56. The van der Waals surface area contributed by atoms with Crippen LogP contribution < -0.4 is 5.32 Å². The van der Waals surface area contributed by atoms with E-state index in [0.717, 1.165) is 11.3 Å². The molecule has 3 rings (SSSR count). The summed E-state index contributed by atoms with van der Waals surface area (Å²) in [6, 6.07) is 5.23. The largest absolute Gasteiger partial charge is 0.469 e. The van der Waals surface area contributed by atoms with Crippen molar-refractivity contribution in [2.45, 2.75) is 11.8 Å². The lowest BCUT2D eigenvalue weighted by atomic mass is 9.95. The Morgan fingerprint density at radius 3 is 3.06 bits per heavy atom. The number of fused-ring (bicyclic) bond motifs is 2. The lowest BCUT2D eigenvalue weighted by Crippen LogP contribution is -2.24. The summed E-state index contributed by atoms with van der Waals surface area (Å²) in [5.41, 5.74) is 0.809. The molecule has 0 radical (unpaired) electrons. The Bertz CT molecular complexity index is 543. The minimum absolute atomic E-state index is 0.134. The number of rotatable bonds is 1. The van der Waals surface area contributed by atoms with E-state index in [1.807, 2.05) is 0 Å². The van der Waals surface area contributed by atoms with Gasteiger partial charge in [0.05, 0.1) is 18.4 Å². The molecule has 2 aliphatic rings. The standard InChI is InChI=1S/C12H10ClNO3/c1-17-10(15)8-5-12(8)7-4-6(13)2-3-9(7)14-11(12)16/h2-4,8H,5H2,1H3,(H,14,16)/t8?,12-/m0/s1. The van der Waals surface area contributed by atoms with Crippen LogP contribution in [0.3, 0.4) is 0 Å². The highest BCUT2D eigenvalue weighted by Crippen LogP contribution is 2.60.